The number of hydrogen-bond acceptors (Lipinski definition) is 7. The Balaban J connectivity index is 2.38. The maximum atomic E-state index is 5.86. The molecule has 0 aliphatic heterocycles. The van der Waals surface area contributed by atoms with Crippen molar-refractivity contribution in [3.05, 3.63) is 11.6 Å². The second-order valence-electron chi connectivity index (χ2n) is 5.16. The van der Waals surface area contributed by atoms with Gasteiger partial charge in [0.05, 0.1) is 11.7 Å². The number of hydrogen-bond donors (Lipinski definition) is 1. The third-order valence-corrected chi connectivity index (χ3v) is 3.30. The van der Waals surface area contributed by atoms with Crippen molar-refractivity contribution in [3.63, 3.8) is 0 Å². The van der Waals surface area contributed by atoms with E-state index in [1.165, 1.54) is 11.5 Å². The van der Waals surface area contributed by atoms with Gasteiger partial charge in [0, 0.05) is 5.41 Å². The Morgan fingerprint density at radius 1 is 1.28 bits per heavy atom. The number of rotatable bonds is 3. The summed E-state index contributed by atoms with van der Waals surface area (Å²) in [5.41, 5.74) is 6.62. The van der Waals surface area contributed by atoms with Crippen LogP contribution in [0.1, 0.15) is 51.7 Å². The van der Waals surface area contributed by atoms with Gasteiger partial charge in [0.15, 0.2) is 0 Å². The molecule has 0 saturated carbocycles. The molecule has 0 radical (unpaired) electrons. The molecule has 2 aromatic rings. The van der Waals surface area contributed by atoms with E-state index < -0.39 is 0 Å². The summed E-state index contributed by atoms with van der Waals surface area (Å²) < 4.78 is 9.57. The summed E-state index contributed by atoms with van der Waals surface area (Å²) in [6.45, 7) is 8.19. The molecular formula is C11H17N5OS. The van der Waals surface area contributed by atoms with Gasteiger partial charge in [-0.1, -0.05) is 32.2 Å². The van der Waals surface area contributed by atoms with Crippen LogP contribution in [0.4, 0.5) is 0 Å². The first kappa shape index (κ1) is 13.1. The van der Waals surface area contributed by atoms with Gasteiger partial charge in [0.2, 0.25) is 5.89 Å². The lowest BCUT2D eigenvalue weighted by molar-refractivity contribution is 0.452. The molecule has 2 N–H and O–H groups in total. The Kier molecular flexibility index (Phi) is 3.45. The molecule has 6 nitrogen and oxygen atoms in total. The van der Waals surface area contributed by atoms with Crippen LogP contribution in [0.2, 0.25) is 0 Å². The van der Waals surface area contributed by atoms with E-state index in [-0.39, 0.29) is 11.5 Å². The SMILES string of the molecule is CCC(N)c1nnc(-c2snnc2C(C)(C)C)o1. The number of nitrogens with two attached hydrogens (primary N) is 1. The van der Waals surface area contributed by atoms with Crippen LogP contribution in [0.3, 0.4) is 0 Å². The van der Waals surface area contributed by atoms with E-state index >= 15 is 0 Å². The van der Waals surface area contributed by atoms with E-state index in [2.05, 4.69) is 40.6 Å². The Hall–Kier alpha value is -1.34. The molecule has 0 bridgehead atoms. The second kappa shape index (κ2) is 4.74. The minimum Gasteiger partial charge on any atom is -0.418 e. The smallest absolute Gasteiger partial charge is 0.261 e. The molecule has 0 amide bonds. The van der Waals surface area contributed by atoms with E-state index in [0.29, 0.717) is 11.8 Å². The summed E-state index contributed by atoms with van der Waals surface area (Å²) in [7, 11) is 0. The van der Waals surface area contributed by atoms with E-state index in [9.17, 15) is 0 Å². The lowest BCUT2D eigenvalue weighted by Crippen LogP contribution is -2.13. The highest BCUT2D eigenvalue weighted by Crippen LogP contribution is 2.33. The Morgan fingerprint density at radius 3 is 2.61 bits per heavy atom. The highest BCUT2D eigenvalue weighted by molar-refractivity contribution is 7.09. The van der Waals surface area contributed by atoms with Gasteiger partial charge < -0.3 is 10.2 Å². The van der Waals surface area contributed by atoms with Crippen molar-refractivity contribution < 1.29 is 4.42 Å². The van der Waals surface area contributed by atoms with Gasteiger partial charge in [0.25, 0.3) is 5.89 Å². The van der Waals surface area contributed by atoms with Crippen LogP contribution in [0.5, 0.6) is 0 Å². The van der Waals surface area contributed by atoms with Gasteiger partial charge in [-0.3, -0.25) is 0 Å². The van der Waals surface area contributed by atoms with Crippen molar-refractivity contribution in [2.24, 2.45) is 5.73 Å². The zero-order valence-corrected chi connectivity index (χ0v) is 11.8. The molecule has 2 heterocycles. The summed E-state index contributed by atoms with van der Waals surface area (Å²) in [6, 6.07) is -0.217. The molecule has 0 aliphatic carbocycles. The average molecular weight is 267 g/mol. The average Bonchev–Trinajstić information content (AvgIpc) is 2.94. The van der Waals surface area contributed by atoms with Crippen LogP contribution < -0.4 is 5.73 Å². The van der Waals surface area contributed by atoms with Crippen molar-refractivity contribution in [1.29, 1.82) is 0 Å². The van der Waals surface area contributed by atoms with Crippen molar-refractivity contribution in [2.75, 3.05) is 0 Å². The van der Waals surface area contributed by atoms with Gasteiger partial charge in [-0.15, -0.1) is 15.3 Å². The normalized spacial score (nSPS) is 13.8. The lowest BCUT2D eigenvalue weighted by Gasteiger charge is -2.14. The third kappa shape index (κ3) is 2.41. The zero-order chi connectivity index (χ0) is 13.3. The molecule has 0 aromatic carbocycles. The van der Waals surface area contributed by atoms with E-state index in [0.717, 1.165) is 17.0 Å². The standard InChI is InChI=1S/C11H17N5OS/c1-5-6(12)9-14-15-10(17-9)7-8(11(2,3)4)13-16-18-7/h6H,5,12H2,1-4H3. The summed E-state index contributed by atoms with van der Waals surface area (Å²) in [6.07, 6.45) is 0.759. The Labute approximate surface area is 110 Å². The van der Waals surface area contributed by atoms with Crippen LogP contribution in [-0.2, 0) is 5.41 Å². The molecule has 0 aliphatic rings. The van der Waals surface area contributed by atoms with Crippen LogP contribution >= 0.6 is 11.5 Å². The first-order valence-corrected chi connectivity index (χ1v) is 6.63. The van der Waals surface area contributed by atoms with Crippen molar-refractivity contribution in [1.82, 2.24) is 19.8 Å². The molecule has 1 atom stereocenters. The molecule has 2 aromatic heterocycles. The van der Waals surface area contributed by atoms with E-state index in [1.54, 1.807) is 0 Å². The summed E-state index contributed by atoms with van der Waals surface area (Å²) in [5.74, 6) is 0.912. The molecule has 2 rings (SSSR count). The summed E-state index contributed by atoms with van der Waals surface area (Å²) in [5, 5.41) is 12.2. The highest BCUT2D eigenvalue weighted by atomic mass is 32.1. The topological polar surface area (TPSA) is 90.7 Å². The maximum absolute atomic E-state index is 5.86. The molecule has 1 unspecified atom stereocenters. The van der Waals surface area contributed by atoms with Gasteiger partial charge in [0.1, 0.15) is 4.88 Å². The van der Waals surface area contributed by atoms with Gasteiger partial charge in [-0.25, -0.2) is 0 Å². The number of aromatic nitrogens is 4. The largest absolute Gasteiger partial charge is 0.418 e. The third-order valence-electron chi connectivity index (χ3n) is 2.59. The van der Waals surface area contributed by atoms with Crippen molar-refractivity contribution >= 4 is 11.5 Å². The predicted molar refractivity (Wildman–Crippen MR) is 69.1 cm³/mol. The van der Waals surface area contributed by atoms with E-state index in [4.69, 9.17) is 10.2 Å². The van der Waals surface area contributed by atoms with Crippen LogP contribution in [0, 0.1) is 0 Å². The quantitative estimate of drug-likeness (QED) is 0.917. The van der Waals surface area contributed by atoms with E-state index in [1.807, 2.05) is 6.92 Å². The first-order valence-electron chi connectivity index (χ1n) is 5.85. The highest BCUT2D eigenvalue weighted by Gasteiger charge is 2.26. The van der Waals surface area contributed by atoms with Crippen molar-refractivity contribution in [2.45, 2.75) is 45.6 Å². The van der Waals surface area contributed by atoms with Gasteiger partial charge in [-0.2, -0.15) is 0 Å². The molecular weight excluding hydrogens is 250 g/mol. The fourth-order valence-corrected chi connectivity index (χ4v) is 2.27. The van der Waals surface area contributed by atoms with Crippen LogP contribution in [0.25, 0.3) is 10.8 Å². The summed E-state index contributed by atoms with van der Waals surface area (Å²) in [4.78, 5) is 0.824. The predicted octanol–water partition coefficient (Wildman–Crippen LogP) is 2.30. The lowest BCUT2D eigenvalue weighted by atomic mass is 9.91. The minimum atomic E-state index is -0.217. The minimum absolute atomic E-state index is 0.107. The molecule has 18 heavy (non-hydrogen) atoms. The van der Waals surface area contributed by atoms with Gasteiger partial charge in [-0.05, 0) is 18.0 Å². The fraction of sp³-hybridized carbons (Fsp3) is 0.636. The maximum Gasteiger partial charge on any atom is 0.261 e. The molecule has 98 valence electrons. The summed E-state index contributed by atoms with van der Waals surface area (Å²) >= 11 is 1.26. The number of nitrogens with zero attached hydrogens (tertiary/aromatic N) is 4. The Morgan fingerprint density at radius 2 is 2.00 bits per heavy atom. The molecule has 0 fully saturated rings. The van der Waals surface area contributed by atoms with Gasteiger partial charge >= 0.3 is 0 Å². The Bertz CT molecular complexity index is 528. The van der Waals surface area contributed by atoms with Crippen LogP contribution in [0.15, 0.2) is 4.42 Å². The van der Waals surface area contributed by atoms with Crippen molar-refractivity contribution in [3.8, 4) is 10.8 Å². The first-order chi connectivity index (χ1) is 8.43. The molecule has 7 heteroatoms. The zero-order valence-electron chi connectivity index (χ0n) is 11.0. The fourth-order valence-electron chi connectivity index (χ4n) is 1.47. The molecule has 0 saturated heterocycles. The monoisotopic (exact) mass is 267 g/mol. The second-order valence-corrected chi connectivity index (χ2v) is 5.91. The van der Waals surface area contributed by atoms with Crippen LogP contribution in [-0.4, -0.2) is 19.8 Å². The molecule has 0 spiro atoms.